The van der Waals surface area contributed by atoms with Gasteiger partial charge in [0, 0.05) is 13.2 Å². The molecule has 1 atom stereocenters. The van der Waals surface area contributed by atoms with E-state index in [4.69, 9.17) is 0 Å². The van der Waals surface area contributed by atoms with Gasteiger partial charge < -0.3 is 5.32 Å². The molecule has 0 aliphatic rings. The minimum Gasteiger partial charge on any atom is -0.305 e. The molecular formula is C17H25N3. The maximum atomic E-state index is 4.29. The molecule has 0 saturated carbocycles. The van der Waals surface area contributed by atoms with E-state index in [-0.39, 0.29) is 6.04 Å². The fraction of sp³-hybridized carbons (Fsp3) is 0.471. The van der Waals surface area contributed by atoms with Crippen LogP contribution in [-0.4, -0.2) is 16.3 Å². The second-order valence-corrected chi connectivity index (χ2v) is 5.59. The monoisotopic (exact) mass is 271 g/mol. The Morgan fingerprint density at radius 1 is 1.10 bits per heavy atom. The molecule has 1 aromatic heterocycles. The predicted molar refractivity (Wildman–Crippen MR) is 83.9 cm³/mol. The summed E-state index contributed by atoms with van der Waals surface area (Å²) in [7, 11) is 2.00. The van der Waals surface area contributed by atoms with Crippen molar-refractivity contribution in [2.75, 3.05) is 6.54 Å². The Hall–Kier alpha value is -1.61. The summed E-state index contributed by atoms with van der Waals surface area (Å²) in [6, 6.07) is 11.2. The molecule has 0 saturated heterocycles. The molecule has 0 aliphatic heterocycles. The summed E-state index contributed by atoms with van der Waals surface area (Å²) >= 11 is 0. The van der Waals surface area contributed by atoms with E-state index in [0.717, 1.165) is 13.0 Å². The fourth-order valence-electron chi connectivity index (χ4n) is 2.42. The molecule has 0 aliphatic carbocycles. The minimum atomic E-state index is 0.212. The van der Waals surface area contributed by atoms with Gasteiger partial charge in [-0.25, -0.2) is 0 Å². The highest BCUT2D eigenvalue weighted by molar-refractivity contribution is 5.31. The highest BCUT2D eigenvalue weighted by Crippen LogP contribution is 2.23. The van der Waals surface area contributed by atoms with Crippen molar-refractivity contribution in [1.82, 2.24) is 15.1 Å². The second-order valence-electron chi connectivity index (χ2n) is 5.59. The Labute approximate surface area is 122 Å². The summed E-state index contributed by atoms with van der Waals surface area (Å²) in [5, 5.41) is 7.91. The van der Waals surface area contributed by atoms with E-state index in [1.165, 1.54) is 16.8 Å². The molecular weight excluding hydrogens is 246 g/mol. The molecule has 1 heterocycles. The van der Waals surface area contributed by atoms with Crippen LogP contribution < -0.4 is 5.32 Å². The van der Waals surface area contributed by atoms with E-state index in [2.05, 4.69) is 61.5 Å². The van der Waals surface area contributed by atoms with Crippen LogP contribution in [0.15, 0.2) is 36.5 Å². The molecule has 2 aromatic rings. The van der Waals surface area contributed by atoms with E-state index in [1.807, 2.05) is 17.9 Å². The van der Waals surface area contributed by atoms with Crippen molar-refractivity contribution in [3.05, 3.63) is 53.3 Å². The zero-order valence-corrected chi connectivity index (χ0v) is 12.9. The van der Waals surface area contributed by atoms with E-state index < -0.39 is 0 Å². The highest BCUT2D eigenvalue weighted by atomic mass is 15.3. The van der Waals surface area contributed by atoms with Crippen LogP contribution in [0.2, 0.25) is 0 Å². The van der Waals surface area contributed by atoms with Gasteiger partial charge >= 0.3 is 0 Å². The molecule has 2 rings (SSSR count). The first kappa shape index (κ1) is 14.8. The lowest BCUT2D eigenvalue weighted by Crippen LogP contribution is -2.25. The molecule has 108 valence electrons. The zero-order chi connectivity index (χ0) is 14.5. The van der Waals surface area contributed by atoms with Gasteiger partial charge in [-0.05, 0) is 36.1 Å². The molecule has 0 radical (unpaired) electrons. The predicted octanol–water partition coefficient (Wildman–Crippen LogP) is 3.63. The normalized spacial score (nSPS) is 12.8. The van der Waals surface area contributed by atoms with Crippen molar-refractivity contribution in [2.24, 2.45) is 7.05 Å². The van der Waals surface area contributed by atoms with Gasteiger partial charge in [0.2, 0.25) is 0 Å². The first-order chi connectivity index (χ1) is 9.63. The van der Waals surface area contributed by atoms with Crippen molar-refractivity contribution in [3.8, 4) is 0 Å². The molecule has 1 unspecified atom stereocenters. The summed E-state index contributed by atoms with van der Waals surface area (Å²) in [5.74, 6) is 0.572. The van der Waals surface area contributed by atoms with Crippen LogP contribution in [0.4, 0.5) is 0 Å². The Kier molecular flexibility index (Phi) is 4.96. The molecule has 0 amide bonds. The smallest absolute Gasteiger partial charge is 0.0748 e. The average molecular weight is 271 g/mol. The number of nitrogens with one attached hydrogen (secondary N) is 1. The van der Waals surface area contributed by atoms with Gasteiger partial charge in [0.25, 0.3) is 0 Å². The van der Waals surface area contributed by atoms with Crippen molar-refractivity contribution < 1.29 is 0 Å². The van der Waals surface area contributed by atoms with Crippen LogP contribution >= 0.6 is 0 Å². The van der Waals surface area contributed by atoms with Gasteiger partial charge in [-0.15, -0.1) is 0 Å². The molecule has 0 spiro atoms. The first-order valence-electron chi connectivity index (χ1n) is 7.44. The maximum Gasteiger partial charge on any atom is 0.0748 e. The van der Waals surface area contributed by atoms with E-state index in [9.17, 15) is 0 Å². The molecule has 0 bridgehead atoms. The number of nitrogens with zero attached hydrogens (tertiary/aromatic N) is 2. The van der Waals surface area contributed by atoms with Crippen molar-refractivity contribution in [2.45, 2.75) is 39.2 Å². The Morgan fingerprint density at radius 3 is 2.25 bits per heavy atom. The van der Waals surface area contributed by atoms with E-state index >= 15 is 0 Å². The van der Waals surface area contributed by atoms with Crippen LogP contribution in [-0.2, 0) is 7.05 Å². The fourth-order valence-corrected chi connectivity index (χ4v) is 2.42. The lowest BCUT2D eigenvalue weighted by molar-refractivity contribution is 0.553. The van der Waals surface area contributed by atoms with Gasteiger partial charge in [-0.2, -0.15) is 5.10 Å². The lowest BCUT2D eigenvalue weighted by atomic mass is 9.97. The van der Waals surface area contributed by atoms with Crippen molar-refractivity contribution in [3.63, 3.8) is 0 Å². The minimum absolute atomic E-state index is 0.212. The average Bonchev–Trinajstić information content (AvgIpc) is 2.86. The standard InChI is InChI=1S/C17H25N3/c1-5-11-18-17(16-10-12-19-20(16)4)15-8-6-14(7-9-15)13(2)3/h6-10,12-13,17-18H,5,11H2,1-4H3. The van der Waals surface area contributed by atoms with E-state index in [0.29, 0.717) is 5.92 Å². The Morgan fingerprint density at radius 2 is 1.75 bits per heavy atom. The van der Waals surface area contributed by atoms with Gasteiger partial charge in [-0.3, -0.25) is 4.68 Å². The van der Waals surface area contributed by atoms with Crippen molar-refractivity contribution >= 4 is 0 Å². The van der Waals surface area contributed by atoms with Crippen LogP contribution in [0.1, 0.15) is 56.0 Å². The summed E-state index contributed by atoms with van der Waals surface area (Å²) in [6.45, 7) is 7.64. The Bertz CT molecular complexity index is 525. The topological polar surface area (TPSA) is 29.9 Å². The molecule has 1 N–H and O–H groups in total. The summed E-state index contributed by atoms with van der Waals surface area (Å²) in [5.41, 5.74) is 3.88. The van der Waals surface area contributed by atoms with Crippen molar-refractivity contribution in [1.29, 1.82) is 0 Å². The summed E-state index contributed by atoms with van der Waals surface area (Å²) < 4.78 is 1.95. The second kappa shape index (κ2) is 6.71. The van der Waals surface area contributed by atoms with Gasteiger partial charge in [0.1, 0.15) is 0 Å². The summed E-state index contributed by atoms with van der Waals surface area (Å²) in [6.07, 6.45) is 2.98. The van der Waals surface area contributed by atoms with Gasteiger partial charge in [-0.1, -0.05) is 45.0 Å². The van der Waals surface area contributed by atoms with Gasteiger partial charge in [0.05, 0.1) is 11.7 Å². The molecule has 0 fully saturated rings. The third-order valence-corrected chi connectivity index (χ3v) is 3.69. The molecule has 3 nitrogen and oxygen atoms in total. The highest BCUT2D eigenvalue weighted by Gasteiger charge is 2.16. The summed E-state index contributed by atoms with van der Waals surface area (Å²) in [4.78, 5) is 0. The third-order valence-electron chi connectivity index (χ3n) is 3.69. The first-order valence-corrected chi connectivity index (χ1v) is 7.44. The molecule has 20 heavy (non-hydrogen) atoms. The van der Waals surface area contributed by atoms with Crippen LogP contribution in [0.5, 0.6) is 0 Å². The number of hydrogen-bond donors (Lipinski definition) is 1. The number of hydrogen-bond acceptors (Lipinski definition) is 2. The SMILES string of the molecule is CCCNC(c1ccc(C(C)C)cc1)c1ccnn1C. The van der Waals surface area contributed by atoms with Gasteiger partial charge in [0.15, 0.2) is 0 Å². The molecule has 1 aromatic carbocycles. The number of aromatic nitrogens is 2. The van der Waals surface area contributed by atoms with Crippen LogP contribution in [0, 0.1) is 0 Å². The lowest BCUT2D eigenvalue weighted by Gasteiger charge is -2.20. The number of aryl methyl sites for hydroxylation is 1. The zero-order valence-electron chi connectivity index (χ0n) is 12.9. The van der Waals surface area contributed by atoms with E-state index in [1.54, 1.807) is 0 Å². The number of benzene rings is 1. The quantitative estimate of drug-likeness (QED) is 0.869. The largest absolute Gasteiger partial charge is 0.305 e. The van der Waals surface area contributed by atoms with Crippen LogP contribution in [0.25, 0.3) is 0 Å². The third kappa shape index (κ3) is 3.28. The molecule has 3 heteroatoms. The number of rotatable bonds is 6. The maximum absolute atomic E-state index is 4.29. The Balaban J connectivity index is 2.29. The van der Waals surface area contributed by atoms with Crippen LogP contribution in [0.3, 0.4) is 0 Å².